The van der Waals surface area contributed by atoms with Gasteiger partial charge in [-0.3, -0.25) is 9.78 Å². The Bertz CT molecular complexity index is 667. The molecule has 0 aliphatic heterocycles. The van der Waals surface area contributed by atoms with E-state index >= 15 is 0 Å². The maximum Gasteiger partial charge on any atom is 0.269 e. The van der Waals surface area contributed by atoms with Crippen molar-refractivity contribution in [3.8, 4) is 5.75 Å². The highest BCUT2D eigenvalue weighted by molar-refractivity contribution is 5.38. The van der Waals surface area contributed by atoms with E-state index in [1.54, 1.807) is 19.4 Å². The van der Waals surface area contributed by atoms with E-state index in [0.717, 1.165) is 35.8 Å². The number of hydrogen-bond donors (Lipinski definition) is 1. The molecule has 6 nitrogen and oxygen atoms in total. The van der Waals surface area contributed by atoms with Crippen LogP contribution in [0.1, 0.15) is 24.7 Å². The zero-order valence-electron chi connectivity index (χ0n) is 12.6. The molecule has 2 rings (SSSR count). The molecule has 6 heteroatoms. The summed E-state index contributed by atoms with van der Waals surface area (Å²) in [7, 11) is 1.61. The normalized spacial score (nSPS) is 10.4. The third-order valence-electron chi connectivity index (χ3n) is 2.98. The molecule has 112 valence electrons. The Kier molecular flexibility index (Phi) is 4.92. The molecule has 2 heterocycles. The Hall–Kier alpha value is -2.37. The van der Waals surface area contributed by atoms with E-state index in [1.165, 1.54) is 4.68 Å². The molecule has 1 N–H and O–H groups in total. The lowest BCUT2D eigenvalue weighted by molar-refractivity contribution is 0.412. The number of pyridine rings is 1. The molecular formula is C15H20N4O2. The Morgan fingerprint density at radius 2 is 2.14 bits per heavy atom. The van der Waals surface area contributed by atoms with Crippen LogP contribution in [0, 0.1) is 6.92 Å². The summed E-state index contributed by atoms with van der Waals surface area (Å²) in [5.41, 5.74) is 2.18. The Labute approximate surface area is 123 Å². The standard InChI is InChI=1S/C15H20N4O2/c1-4-5-16-12-8-15(20)19(17-9-12)10-13-7-14(21-3)6-11(2)18-13/h6-9,16H,4-5,10H2,1-3H3. The Morgan fingerprint density at radius 3 is 2.81 bits per heavy atom. The monoisotopic (exact) mass is 288 g/mol. The zero-order chi connectivity index (χ0) is 15.2. The smallest absolute Gasteiger partial charge is 0.269 e. The van der Waals surface area contributed by atoms with Crippen LogP contribution in [-0.4, -0.2) is 28.4 Å². The molecule has 0 aliphatic carbocycles. The minimum atomic E-state index is -0.154. The van der Waals surface area contributed by atoms with Crippen LogP contribution >= 0.6 is 0 Å². The van der Waals surface area contributed by atoms with Gasteiger partial charge >= 0.3 is 0 Å². The van der Waals surface area contributed by atoms with Crippen LogP contribution < -0.4 is 15.6 Å². The maximum absolute atomic E-state index is 12.0. The number of methoxy groups -OCH3 is 1. The van der Waals surface area contributed by atoms with E-state index in [1.807, 2.05) is 19.1 Å². The van der Waals surface area contributed by atoms with Crippen molar-refractivity contribution in [2.45, 2.75) is 26.8 Å². The van der Waals surface area contributed by atoms with Gasteiger partial charge in [0.1, 0.15) is 5.75 Å². The largest absolute Gasteiger partial charge is 0.497 e. The highest BCUT2D eigenvalue weighted by Gasteiger charge is 2.05. The first-order chi connectivity index (χ1) is 10.1. The predicted octanol–water partition coefficient (Wildman–Crippen LogP) is 1.83. The Morgan fingerprint density at radius 1 is 1.33 bits per heavy atom. The van der Waals surface area contributed by atoms with Gasteiger partial charge in [0.2, 0.25) is 0 Å². The number of ether oxygens (including phenoxy) is 1. The lowest BCUT2D eigenvalue weighted by Gasteiger charge is -2.09. The summed E-state index contributed by atoms with van der Waals surface area (Å²) in [6.45, 7) is 5.10. The highest BCUT2D eigenvalue weighted by Crippen LogP contribution is 2.13. The fourth-order valence-electron chi connectivity index (χ4n) is 1.97. The van der Waals surface area contributed by atoms with E-state index < -0.39 is 0 Å². The maximum atomic E-state index is 12.0. The molecule has 2 aromatic heterocycles. The molecule has 0 saturated carbocycles. The SMILES string of the molecule is CCCNc1cnn(Cc2cc(OC)cc(C)n2)c(=O)c1. The second kappa shape index (κ2) is 6.88. The van der Waals surface area contributed by atoms with Crippen molar-refractivity contribution in [2.24, 2.45) is 0 Å². The first-order valence-electron chi connectivity index (χ1n) is 6.95. The van der Waals surface area contributed by atoms with Crippen molar-refractivity contribution in [3.05, 3.63) is 46.1 Å². The molecule has 2 aromatic rings. The van der Waals surface area contributed by atoms with Gasteiger partial charge in [-0.05, 0) is 13.3 Å². The quantitative estimate of drug-likeness (QED) is 0.878. The summed E-state index contributed by atoms with van der Waals surface area (Å²) in [5.74, 6) is 0.729. The first kappa shape index (κ1) is 15.0. The van der Waals surface area contributed by atoms with Gasteiger partial charge in [-0.1, -0.05) is 6.92 Å². The number of rotatable bonds is 6. The lowest BCUT2D eigenvalue weighted by atomic mass is 10.3. The van der Waals surface area contributed by atoms with Gasteiger partial charge in [-0.15, -0.1) is 0 Å². The molecule has 0 unspecified atom stereocenters. The van der Waals surface area contributed by atoms with Gasteiger partial charge in [0, 0.05) is 30.4 Å². The number of anilines is 1. The van der Waals surface area contributed by atoms with Crippen molar-refractivity contribution in [3.63, 3.8) is 0 Å². The molecule has 0 aromatic carbocycles. The number of aryl methyl sites for hydroxylation is 1. The predicted molar refractivity (Wildman–Crippen MR) is 81.9 cm³/mol. The van der Waals surface area contributed by atoms with Gasteiger partial charge in [-0.25, -0.2) is 4.68 Å². The number of hydrogen-bond acceptors (Lipinski definition) is 5. The second-order valence-corrected chi connectivity index (χ2v) is 4.81. The molecule has 0 aliphatic rings. The molecule has 21 heavy (non-hydrogen) atoms. The molecule has 0 saturated heterocycles. The first-order valence-corrected chi connectivity index (χ1v) is 6.95. The second-order valence-electron chi connectivity index (χ2n) is 4.81. The molecule has 0 bridgehead atoms. The summed E-state index contributed by atoms with van der Waals surface area (Å²) in [6.07, 6.45) is 2.65. The van der Waals surface area contributed by atoms with Gasteiger partial charge in [-0.2, -0.15) is 5.10 Å². The van der Waals surface area contributed by atoms with Crippen molar-refractivity contribution in [1.29, 1.82) is 0 Å². The third kappa shape index (κ3) is 4.05. The molecule has 0 amide bonds. The average molecular weight is 288 g/mol. The molecule has 0 spiro atoms. The molecular weight excluding hydrogens is 268 g/mol. The fraction of sp³-hybridized carbons (Fsp3) is 0.400. The van der Waals surface area contributed by atoms with Crippen molar-refractivity contribution in [1.82, 2.24) is 14.8 Å². The van der Waals surface area contributed by atoms with Crippen LogP contribution in [0.2, 0.25) is 0 Å². The van der Waals surface area contributed by atoms with E-state index in [0.29, 0.717) is 6.54 Å². The summed E-state index contributed by atoms with van der Waals surface area (Å²) >= 11 is 0. The molecule has 0 fully saturated rings. The fourth-order valence-corrected chi connectivity index (χ4v) is 1.97. The van der Waals surface area contributed by atoms with E-state index in [4.69, 9.17) is 4.74 Å². The van der Waals surface area contributed by atoms with Crippen LogP contribution in [0.5, 0.6) is 5.75 Å². The Balaban J connectivity index is 2.20. The van der Waals surface area contributed by atoms with Gasteiger partial charge in [0.15, 0.2) is 0 Å². The topological polar surface area (TPSA) is 69.0 Å². The lowest BCUT2D eigenvalue weighted by Crippen LogP contribution is -2.23. The van der Waals surface area contributed by atoms with E-state index in [2.05, 4.69) is 22.3 Å². The number of nitrogens with zero attached hydrogens (tertiary/aromatic N) is 3. The molecule has 0 radical (unpaired) electrons. The van der Waals surface area contributed by atoms with Crippen molar-refractivity contribution in [2.75, 3.05) is 19.0 Å². The minimum absolute atomic E-state index is 0.154. The van der Waals surface area contributed by atoms with Crippen LogP contribution in [0.15, 0.2) is 29.2 Å². The number of aromatic nitrogens is 3. The van der Waals surface area contributed by atoms with Gasteiger partial charge in [0.05, 0.1) is 31.2 Å². The third-order valence-corrected chi connectivity index (χ3v) is 2.98. The van der Waals surface area contributed by atoms with E-state index in [9.17, 15) is 4.79 Å². The highest BCUT2D eigenvalue weighted by atomic mass is 16.5. The summed E-state index contributed by atoms with van der Waals surface area (Å²) in [4.78, 5) is 16.4. The van der Waals surface area contributed by atoms with Crippen LogP contribution in [-0.2, 0) is 6.54 Å². The van der Waals surface area contributed by atoms with Crippen molar-refractivity contribution < 1.29 is 4.74 Å². The van der Waals surface area contributed by atoms with Crippen LogP contribution in [0.4, 0.5) is 5.69 Å². The summed E-state index contributed by atoms with van der Waals surface area (Å²) < 4.78 is 6.60. The van der Waals surface area contributed by atoms with Crippen LogP contribution in [0.3, 0.4) is 0 Å². The number of nitrogens with one attached hydrogen (secondary N) is 1. The summed E-state index contributed by atoms with van der Waals surface area (Å²) in [6, 6.07) is 5.21. The zero-order valence-corrected chi connectivity index (χ0v) is 12.6. The van der Waals surface area contributed by atoms with Gasteiger partial charge in [0.25, 0.3) is 5.56 Å². The van der Waals surface area contributed by atoms with Gasteiger partial charge < -0.3 is 10.1 Å². The van der Waals surface area contributed by atoms with E-state index in [-0.39, 0.29) is 5.56 Å². The average Bonchev–Trinajstić information content (AvgIpc) is 2.47. The van der Waals surface area contributed by atoms with Crippen LogP contribution in [0.25, 0.3) is 0 Å². The van der Waals surface area contributed by atoms with Crippen molar-refractivity contribution >= 4 is 5.69 Å². The minimum Gasteiger partial charge on any atom is -0.497 e. The summed E-state index contributed by atoms with van der Waals surface area (Å²) in [5, 5.41) is 7.31. The molecule has 0 atom stereocenters.